The Kier molecular flexibility index (Phi) is 6.83. The number of benzene rings is 2. The van der Waals surface area contributed by atoms with Gasteiger partial charge in [-0.25, -0.2) is 0 Å². The molecule has 0 atom stereocenters. The second-order valence-electron chi connectivity index (χ2n) is 5.98. The van der Waals surface area contributed by atoms with E-state index in [0.717, 1.165) is 11.3 Å². The van der Waals surface area contributed by atoms with Gasteiger partial charge in [-0.1, -0.05) is 53.2 Å². The summed E-state index contributed by atoms with van der Waals surface area (Å²) in [5, 5.41) is 12.5. The summed E-state index contributed by atoms with van der Waals surface area (Å²) in [6, 6.07) is 12.7. The molecule has 0 aliphatic heterocycles. The van der Waals surface area contributed by atoms with Crippen LogP contribution >= 0.6 is 35.0 Å². The molecule has 28 heavy (non-hydrogen) atoms. The number of thioether (sulfide) groups is 1. The third-order valence-electron chi connectivity index (χ3n) is 3.91. The predicted octanol–water partition coefficient (Wildman–Crippen LogP) is 4.74. The molecule has 0 spiro atoms. The van der Waals surface area contributed by atoms with Crippen molar-refractivity contribution in [3.63, 3.8) is 0 Å². The molecule has 1 amide bonds. The lowest BCUT2D eigenvalue weighted by atomic mass is 10.2. The summed E-state index contributed by atoms with van der Waals surface area (Å²) in [5.74, 6) is 1.49. The zero-order chi connectivity index (χ0) is 20.1. The van der Waals surface area contributed by atoms with Crippen LogP contribution in [0.1, 0.15) is 11.4 Å². The standard InChI is InChI=1S/C19H18Cl2N4O2S/c1-12-5-3-4-6-16(12)27-10-17-23-24-19(25(17)2)28-11-18(26)22-13-7-8-14(20)15(21)9-13/h3-9H,10-11H2,1-2H3,(H,22,26). The first-order chi connectivity index (χ1) is 13.4. The van der Waals surface area contributed by atoms with E-state index in [1.165, 1.54) is 11.8 Å². The fourth-order valence-electron chi connectivity index (χ4n) is 2.36. The van der Waals surface area contributed by atoms with Crippen LogP contribution in [0.4, 0.5) is 5.69 Å². The fraction of sp³-hybridized carbons (Fsp3) is 0.211. The summed E-state index contributed by atoms with van der Waals surface area (Å²) >= 11 is 13.1. The molecule has 1 N–H and O–H groups in total. The summed E-state index contributed by atoms with van der Waals surface area (Å²) in [6.07, 6.45) is 0. The second-order valence-corrected chi connectivity index (χ2v) is 7.73. The van der Waals surface area contributed by atoms with Gasteiger partial charge in [0.2, 0.25) is 5.91 Å². The largest absolute Gasteiger partial charge is 0.485 e. The maximum Gasteiger partial charge on any atom is 0.234 e. The van der Waals surface area contributed by atoms with Crippen molar-refractivity contribution in [2.45, 2.75) is 18.7 Å². The molecular weight excluding hydrogens is 419 g/mol. The van der Waals surface area contributed by atoms with Crippen LogP contribution in [0.2, 0.25) is 10.0 Å². The number of para-hydroxylation sites is 1. The van der Waals surface area contributed by atoms with E-state index in [-0.39, 0.29) is 11.7 Å². The molecule has 3 aromatic rings. The first-order valence-corrected chi connectivity index (χ1v) is 10.1. The zero-order valence-corrected chi connectivity index (χ0v) is 17.6. The van der Waals surface area contributed by atoms with Crippen LogP contribution in [0.5, 0.6) is 5.75 Å². The number of carbonyl (C=O) groups excluding carboxylic acids is 1. The van der Waals surface area contributed by atoms with Gasteiger partial charge in [0.05, 0.1) is 15.8 Å². The predicted molar refractivity (Wildman–Crippen MR) is 112 cm³/mol. The Labute approximate surface area is 177 Å². The van der Waals surface area contributed by atoms with Gasteiger partial charge in [0.15, 0.2) is 11.0 Å². The minimum atomic E-state index is -0.177. The van der Waals surface area contributed by atoms with Crippen LogP contribution in [0, 0.1) is 6.92 Å². The van der Waals surface area contributed by atoms with Crippen LogP contribution < -0.4 is 10.1 Å². The molecule has 146 valence electrons. The molecule has 9 heteroatoms. The van der Waals surface area contributed by atoms with E-state index in [0.29, 0.717) is 33.3 Å². The molecule has 2 aromatic carbocycles. The highest BCUT2D eigenvalue weighted by Gasteiger charge is 2.13. The zero-order valence-electron chi connectivity index (χ0n) is 15.3. The van der Waals surface area contributed by atoms with Gasteiger partial charge >= 0.3 is 0 Å². The Morgan fingerprint density at radius 3 is 2.71 bits per heavy atom. The number of carbonyl (C=O) groups is 1. The number of aromatic nitrogens is 3. The summed E-state index contributed by atoms with van der Waals surface area (Å²) in [6.45, 7) is 2.28. The maximum atomic E-state index is 12.2. The van der Waals surface area contributed by atoms with Crippen molar-refractivity contribution < 1.29 is 9.53 Å². The molecule has 3 rings (SSSR count). The molecule has 0 bridgehead atoms. The van der Waals surface area contributed by atoms with Gasteiger partial charge in [-0.2, -0.15) is 0 Å². The molecule has 0 unspecified atom stereocenters. The van der Waals surface area contributed by atoms with Gasteiger partial charge in [-0.15, -0.1) is 10.2 Å². The summed E-state index contributed by atoms with van der Waals surface area (Å²) in [4.78, 5) is 12.2. The van der Waals surface area contributed by atoms with Crippen molar-refractivity contribution in [1.29, 1.82) is 0 Å². The monoisotopic (exact) mass is 436 g/mol. The van der Waals surface area contributed by atoms with Crippen LogP contribution in [0.3, 0.4) is 0 Å². The molecule has 0 aliphatic rings. The summed E-state index contributed by atoms with van der Waals surface area (Å²) in [7, 11) is 1.84. The van der Waals surface area contributed by atoms with Crippen molar-refractivity contribution >= 4 is 46.6 Å². The van der Waals surface area contributed by atoms with Gasteiger partial charge < -0.3 is 14.6 Å². The number of hydrogen-bond donors (Lipinski definition) is 1. The van der Waals surface area contributed by atoms with Crippen LogP contribution in [0.15, 0.2) is 47.6 Å². The SMILES string of the molecule is Cc1ccccc1OCc1nnc(SCC(=O)Nc2ccc(Cl)c(Cl)c2)n1C. The normalized spacial score (nSPS) is 10.7. The minimum absolute atomic E-state index is 0.177. The molecule has 0 fully saturated rings. The maximum absolute atomic E-state index is 12.2. The molecule has 0 saturated carbocycles. The molecule has 0 aliphatic carbocycles. The van der Waals surface area contributed by atoms with Crippen LogP contribution in [0.25, 0.3) is 0 Å². The molecule has 0 radical (unpaired) electrons. The van der Waals surface area contributed by atoms with E-state index in [4.69, 9.17) is 27.9 Å². The van der Waals surface area contributed by atoms with E-state index in [1.54, 1.807) is 18.2 Å². The van der Waals surface area contributed by atoms with Gasteiger partial charge in [0, 0.05) is 12.7 Å². The number of ether oxygens (including phenoxy) is 1. The number of hydrogen-bond acceptors (Lipinski definition) is 5. The number of aryl methyl sites for hydroxylation is 1. The average Bonchev–Trinajstić information content (AvgIpc) is 3.02. The number of nitrogens with one attached hydrogen (secondary N) is 1. The molecular formula is C19H18Cl2N4O2S. The summed E-state index contributed by atoms with van der Waals surface area (Å²) in [5.41, 5.74) is 1.64. The average molecular weight is 437 g/mol. The summed E-state index contributed by atoms with van der Waals surface area (Å²) < 4.78 is 7.62. The Hall–Kier alpha value is -2.22. The molecule has 1 heterocycles. The quantitative estimate of drug-likeness (QED) is 0.541. The lowest BCUT2D eigenvalue weighted by Gasteiger charge is -2.09. The van der Waals surface area contributed by atoms with Crippen LogP contribution in [-0.4, -0.2) is 26.4 Å². The van der Waals surface area contributed by atoms with Gasteiger partial charge in [0.25, 0.3) is 0 Å². The first kappa shape index (κ1) is 20.5. The highest BCUT2D eigenvalue weighted by atomic mass is 35.5. The van der Waals surface area contributed by atoms with E-state index < -0.39 is 0 Å². The lowest BCUT2D eigenvalue weighted by molar-refractivity contribution is -0.113. The highest BCUT2D eigenvalue weighted by molar-refractivity contribution is 7.99. The van der Waals surface area contributed by atoms with Gasteiger partial charge in [-0.3, -0.25) is 4.79 Å². The van der Waals surface area contributed by atoms with Crippen molar-refractivity contribution in [1.82, 2.24) is 14.8 Å². The van der Waals surface area contributed by atoms with Crippen LogP contribution in [-0.2, 0) is 18.4 Å². The van der Waals surface area contributed by atoms with E-state index in [9.17, 15) is 4.79 Å². The lowest BCUT2D eigenvalue weighted by Crippen LogP contribution is -2.14. The third-order valence-corrected chi connectivity index (χ3v) is 5.67. The molecule has 0 saturated heterocycles. The fourth-order valence-corrected chi connectivity index (χ4v) is 3.39. The number of halogens is 2. The molecule has 6 nitrogen and oxygen atoms in total. The highest BCUT2D eigenvalue weighted by Crippen LogP contribution is 2.25. The Morgan fingerprint density at radius 1 is 1.18 bits per heavy atom. The third kappa shape index (κ3) is 5.19. The smallest absolute Gasteiger partial charge is 0.234 e. The first-order valence-electron chi connectivity index (χ1n) is 8.38. The molecule has 1 aromatic heterocycles. The topological polar surface area (TPSA) is 69.0 Å². The Bertz CT molecular complexity index is 994. The van der Waals surface area contributed by atoms with E-state index in [2.05, 4.69) is 15.5 Å². The van der Waals surface area contributed by atoms with E-state index >= 15 is 0 Å². The Morgan fingerprint density at radius 2 is 1.96 bits per heavy atom. The minimum Gasteiger partial charge on any atom is -0.485 e. The van der Waals surface area contributed by atoms with Crippen molar-refractivity contribution in [2.24, 2.45) is 7.05 Å². The van der Waals surface area contributed by atoms with Crippen molar-refractivity contribution in [3.05, 3.63) is 63.9 Å². The Balaban J connectivity index is 1.54. The number of nitrogens with zero attached hydrogens (tertiary/aromatic N) is 3. The second kappa shape index (κ2) is 9.32. The number of rotatable bonds is 7. The van der Waals surface area contributed by atoms with Crippen molar-refractivity contribution in [3.8, 4) is 5.75 Å². The number of anilines is 1. The van der Waals surface area contributed by atoms with Crippen molar-refractivity contribution in [2.75, 3.05) is 11.1 Å². The van der Waals surface area contributed by atoms with Gasteiger partial charge in [-0.05, 0) is 36.8 Å². The van der Waals surface area contributed by atoms with Gasteiger partial charge in [0.1, 0.15) is 12.4 Å². The van der Waals surface area contributed by atoms with E-state index in [1.807, 2.05) is 42.8 Å². The number of amides is 1.